The highest BCUT2D eigenvalue weighted by atomic mass is 35.5. The van der Waals surface area contributed by atoms with E-state index in [9.17, 15) is 13.2 Å². The smallest absolute Gasteiger partial charge is 0.258 e. The van der Waals surface area contributed by atoms with Crippen LogP contribution in [0, 0.1) is 0 Å². The first-order valence-electron chi connectivity index (χ1n) is 9.22. The van der Waals surface area contributed by atoms with Gasteiger partial charge in [-0.1, -0.05) is 23.7 Å². The largest absolute Gasteiger partial charge is 0.484 e. The molecule has 2 aromatic carbocycles. The number of hydrogen-bond acceptors (Lipinski definition) is 5. The summed E-state index contributed by atoms with van der Waals surface area (Å²) in [5, 5.41) is 3.48. The van der Waals surface area contributed by atoms with Gasteiger partial charge >= 0.3 is 0 Å². The monoisotopic (exact) mass is 438 g/mol. The minimum Gasteiger partial charge on any atom is -0.484 e. The summed E-state index contributed by atoms with van der Waals surface area (Å²) < 4.78 is 37.3. The van der Waals surface area contributed by atoms with E-state index in [0.717, 1.165) is 5.56 Å². The van der Waals surface area contributed by atoms with E-state index in [4.69, 9.17) is 21.1 Å². The van der Waals surface area contributed by atoms with Crippen molar-refractivity contribution in [3.05, 3.63) is 59.1 Å². The maximum Gasteiger partial charge on any atom is 0.258 e. The molecule has 0 saturated carbocycles. The second-order valence-corrected chi connectivity index (χ2v) is 8.99. The number of hydrogen-bond donors (Lipinski definition) is 1. The van der Waals surface area contributed by atoms with Gasteiger partial charge in [0.2, 0.25) is 10.0 Å². The average Bonchev–Trinajstić information content (AvgIpc) is 2.73. The van der Waals surface area contributed by atoms with Crippen LogP contribution in [0.15, 0.2) is 53.4 Å². The molecular weight excluding hydrogens is 416 g/mol. The number of ether oxygens (including phenoxy) is 2. The number of rotatable bonds is 7. The number of carbonyl (C=O) groups is 1. The van der Waals surface area contributed by atoms with Crippen molar-refractivity contribution >= 4 is 27.5 Å². The van der Waals surface area contributed by atoms with Crippen molar-refractivity contribution < 1.29 is 22.7 Å². The molecule has 7 nitrogen and oxygen atoms in total. The van der Waals surface area contributed by atoms with E-state index in [1.54, 1.807) is 24.3 Å². The second-order valence-electron chi connectivity index (χ2n) is 6.62. The van der Waals surface area contributed by atoms with Gasteiger partial charge in [0.1, 0.15) is 5.75 Å². The topological polar surface area (TPSA) is 84.9 Å². The number of carbonyl (C=O) groups excluding carboxylic acids is 1. The molecule has 2 aromatic rings. The molecule has 1 N–H and O–H groups in total. The lowest BCUT2D eigenvalue weighted by atomic mass is 10.1. The number of sulfonamides is 1. The molecule has 1 heterocycles. The van der Waals surface area contributed by atoms with E-state index in [1.165, 1.54) is 16.4 Å². The predicted octanol–water partition coefficient (Wildman–Crippen LogP) is 2.62. The van der Waals surface area contributed by atoms with Gasteiger partial charge in [-0.2, -0.15) is 4.31 Å². The van der Waals surface area contributed by atoms with Gasteiger partial charge in [-0.3, -0.25) is 4.79 Å². The van der Waals surface area contributed by atoms with Gasteiger partial charge in [0.25, 0.3) is 5.91 Å². The minimum absolute atomic E-state index is 0.173. The lowest BCUT2D eigenvalue weighted by molar-refractivity contribution is -0.123. The van der Waals surface area contributed by atoms with Crippen LogP contribution in [0.25, 0.3) is 0 Å². The Kier molecular flexibility index (Phi) is 7.13. The molecule has 0 unspecified atom stereocenters. The molecule has 1 aliphatic heterocycles. The van der Waals surface area contributed by atoms with E-state index >= 15 is 0 Å². The SMILES string of the molecule is C[C@H](NC(=O)COc1ccc(S(=O)(=O)N2CCOCC2)cc1)c1ccc(Cl)cc1. The van der Waals surface area contributed by atoms with Gasteiger partial charge in [0, 0.05) is 18.1 Å². The molecule has 0 aromatic heterocycles. The fourth-order valence-electron chi connectivity index (χ4n) is 2.91. The highest BCUT2D eigenvalue weighted by Crippen LogP contribution is 2.21. The van der Waals surface area contributed by atoms with E-state index in [-0.39, 0.29) is 23.5 Å². The zero-order valence-electron chi connectivity index (χ0n) is 16.0. The average molecular weight is 439 g/mol. The first-order chi connectivity index (χ1) is 13.9. The maximum absolute atomic E-state index is 12.6. The fourth-order valence-corrected chi connectivity index (χ4v) is 4.44. The molecule has 1 atom stereocenters. The third-order valence-electron chi connectivity index (χ3n) is 4.55. The van der Waals surface area contributed by atoms with Crippen LogP contribution in [0.1, 0.15) is 18.5 Å². The van der Waals surface area contributed by atoms with Gasteiger partial charge < -0.3 is 14.8 Å². The second kappa shape index (κ2) is 9.58. The number of benzene rings is 2. The van der Waals surface area contributed by atoms with Crippen molar-refractivity contribution in [2.24, 2.45) is 0 Å². The van der Waals surface area contributed by atoms with Crippen LogP contribution in [-0.2, 0) is 19.6 Å². The predicted molar refractivity (Wildman–Crippen MR) is 110 cm³/mol. The van der Waals surface area contributed by atoms with Gasteiger partial charge in [-0.05, 0) is 48.9 Å². The molecule has 1 aliphatic rings. The first kappa shape index (κ1) is 21.6. The zero-order chi connectivity index (χ0) is 20.9. The molecule has 3 rings (SSSR count). The third kappa shape index (κ3) is 5.70. The van der Waals surface area contributed by atoms with E-state index in [0.29, 0.717) is 37.1 Å². The van der Waals surface area contributed by atoms with Crippen molar-refractivity contribution in [3.63, 3.8) is 0 Å². The van der Waals surface area contributed by atoms with Crippen molar-refractivity contribution in [1.29, 1.82) is 0 Å². The summed E-state index contributed by atoms with van der Waals surface area (Å²) in [6.45, 7) is 3.16. The molecule has 0 aliphatic carbocycles. The van der Waals surface area contributed by atoms with Crippen LogP contribution in [-0.4, -0.2) is 51.5 Å². The fraction of sp³-hybridized carbons (Fsp3) is 0.350. The highest BCUT2D eigenvalue weighted by Gasteiger charge is 2.26. The summed E-state index contributed by atoms with van der Waals surface area (Å²) in [5.41, 5.74) is 0.931. The molecule has 0 spiro atoms. The standard InChI is InChI=1S/C20H23ClN2O5S/c1-15(16-2-4-17(21)5-3-16)22-20(24)14-28-18-6-8-19(9-7-18)29(25,26)23-10-12-27-13-11-23/h2-9,15H,10-14H2,1H3,(H,22,24)/t15-/m0/s1. The van der Waals surface area contributed by atoms with Crippen LogP contribution in [0.2, 0.25) is 5.02 Å². The number of amides is 1. The Labute approximate surface area is 175 Å². The Balaban J connectivity index is 1.53. The summed E-state index contributed by atoms with van der Waals surface area (Å²) in [7, 11) is -3.55. The molecule has 156 valence electrons. The van der Waals surface area contributed by atoms with Crippen molar-refractivity contribution in [2.45, 2.75) is 17.9 Å². The van der Waals surface area contributed by atoms with E-state index < -0.39 is 10.0 Å². The van der Waals surface area contributed by atoms with Crippen LogP contribution >= 0.6 is 11.6 Å². The van der Waals surface area contributed by atoms with Crippen molar-refractivity contribution in [3.8, 4) is 5.75 Å². The lowest BCUT2D eigenvalue weighted by Crippen LogP contribution is -2.40. The summed E-state index contributed by atoms with van der Waals surface area (Å²) in [6.07, 6.45) is 0. The third-order valence-corrected chi connectivity index (χ3v) is 6.71. The van der Waals surface area contributed by atoms with Gasteiger partial charge in [0.15, 0.2) is 6.61 Å². The minimum atomic E-state index is -3.55. The highest BCUT2D eigenvalue weighted by molar-refractivity contribution is 7.89. The first-order valence-corrected chi connectivity index (χ1v) is 11.0. The van der Waals surface area contributed by atoms with Crippen LogP contribution in [0.3, 0.4) is 0 Å². The molecular formula is C20H23ClN2O5S. The summed E-state index contributed by atoms with van der Waals surface area (Å²) >= 11 is 5.87. The van der Waals surface area contributed by atoms with E-state index in [2.05, 4.69) is 5.32 Å². The molecule has 1 fully saturated rings. The van der Waals surface area contributed by atoms with Gasteiger partial charge in [-0.15, -0.1) is 0 Å². The van der Waals surface area contributed by atoms with Crippen LogP contribution < -0.4 is 10.1 Å². The Morgan fingerprint density at radius 2 is 1.76 bits per heavy atom. The Bertz CT molecular complexity index is 926. The molecule has 0 bridgehead atoms. The van der Waals surface area contributed by atoms with Crippen molar-refractivity contribution in [1.82, 2.24) is 9.62 Å². The van der Waals surface area contributed by atoms with Crippen LogP contribution in [0.5, 0.6) is 5.75 Å². The van der Waals surface area contributed by atoms with Gasteiger partial charge in [-0.25, -0.2) is 8.42 Å². The zero-order valence-corrected chi connectivity index (χ0v) is 17.6. The number of halogens is 1. The molecule has 1 saturated heterocycles. The summed E-state index contributed by atoms with van der Waals surface area (Å²) in [4.78, 5) is 12.3. The molecule has 1 amide bonds. The number of morpholine rings is 1. The van der Waals surface area contributed by atoms with Crippen molar-refractivity contribution in [2.75, 3.05) is 32.9 Å². The molecule has 9 heteroatoms. The Morgan fingerprint density at radius 3 is 2.38 bits per heavy atom. The molecule has 29 heavy (non-hydrogen) atoms. The normalized spacial score (nSPS) is 16.2. The number of nitrogens with one attached hydrogen (secondary N) is 1. The maximum atomic E-state index is 12.6. The van der Waals surface area contributed by atoms with Crippen LogP contribution in [0.4, 0.5) is 0 Å². The Hall–Kier alpha value is -2.13. The van der Waals surface area contributed by atoms with Gasteiger partial charge in [0.05, 0.1) is 24.2 Å². The summed E-state index contributed by atoms with van der Waals surface area (Å²) in [5.74, 6) is 0.137. The molecule has 0 radical (unpaired) electrons. The van der Waals surface area contributed by atoms with E-state index in [1.807, 2.05) is 19.1 Å². The number of nitrogens with zero attached hydrogens (tertiary/aromatic N) is 1. The summed E-state index contributed by atoms with van der Waals surface area (Å²) in [6, 6.07) is 13.1. The lowest BCUT2D eigenvalue weighted by Gasteiger charge is -2.26. The quantitative estimate of drug-likeness (QED) is 0.718. The Morgan fingerprint density at radius 1 is 1.14 bits per heavy atom.